The Balaban J connectivity index is 0.000000252. The quantitative estimate of drug-likeness (QED) is 0.124. The summed E-state index contributed by atoms with van der Waals surface area (Å²) in [4.78, 5) is 0. The molecule has 5 aromatic carbocycles. The van der Waals surface area contributed by atoms with Crippen LogP contribution in [0.1, 0.15) is 0 Å². The number of benzene rings is 5. The van der Waals surface area contributed by atoms with E-state index in [9.17, 15) is 0 Å². The molecule has 1 radical (unpaired) electrons. The van der Waals surface area contributed by atoms with Gasteiger partial charge in [0.1, 0.15) is 0 Å². The summed E-state index contributed by atoms with van der Waals surface area (Å²) >= 11 is 0. The molecule has 0 bridgehead atoms. The van der Waals surface area contributed by atoms with E-state index < -0.39 is 16.1 Å². The van der Waals surface area contributed by atoms with E-state index >= 15 is 0 Å². The van der Waals surface area contributed by atoms with Crippen molar-refractivity contribution in [2.75, 3.05) is 0 Å². The molecule has 2 aliphatic rings. The van der Waals surface area contributed by atoms with E-state index in [1.165, 1.54) is 15.9 Å². The van der Waals surface area contributed by atoms with Gasteiger partial charge in [-0.05, 0) is 23.8 Å². The Morgan fingerprint density at radius 3 is 0.814 bits per heavy atom. The predicted molar refractivity (Wildman–Crippen MR) is 161 cm³/mol. The van der Waals surface area contributed by atoms with Crippen LogP contribution in [0.15, 0.2) is 140 Å². The van der Waals surface area contributed by atoms with E-state index in [4.69, 9.17) is 32.1 Å². The first-order valence-electron chi connectivity index (χ1n) is 12.3. The number of hydrogen-bond acceptors (Lipinski definition) is 4. The Hall–Kier alpha value is -4.11. The normalized spacial score (nSPS) is 12.4. The topological polar surface area (TPSA) is 96.6 Å². The van der Waals surface area contributed by atoms with Gasteiger partial charge in [0, 0.05) is 16.8 Å². The van der Waals surface area contributed by atoms with Crippen molar-refractivity contribution in [1.82, 2.24) is 0 Å². The fraction of sp³-hybridized carbons (Fsp3) is 0. The van der Waals surface area contributed by atoms with Crippen molar-refractivity contribution >= 4 is 32.0 Å². The van der Waals surface area contributed by atoms with Gasteiger partial charge >= 0.3 is 132 Å². The van der Waals surface area contributed by atoms with Gasteiger partial charge in [0.05, 0.1) is 0 Å². The summed E-state index contributed by atoms with van der Waals surface area (Å²) in [5.74, 6) is 2.69. The molecule has 217 valence electrons. The molecular weight excluding hydrogens is 629 g/mol. The van der Waals surface area contributed by atoms with Gasteiger partial charge in [-0.3, -0.25) is 0 Å². The molecule has 0 N–H and O–H groups in total. The molecule has 7 rings (SSSR count). The Kier molecular flexibility index (Phi) is 15.0. The first-order valence-corrected chi connectivity index (χ1v) is 15.3. The van der Waals surface area contributed by atoms with Gasteiger partial charge in [-0.1, -0.05) is 91.0 Å². The molecule has 0 saturated carbocycles. The zero-order chi connectivity index (χ0) is 30.2. The van der Waals surface area contributed by atoms with Gasteiger partial charge in [-0.25, -0.2) is 0 Å². The third-order valence-corrected chi connectivity index (χ3v) is 10.0. The van der Waals surface area contributed by atoms with Crippen LogP contribution in [0, 0.1) is 20.0 Å². The molecule has 0 aliphatic carbocycles. The molecule has 1 spiro atoms. The molecule has 0 aromatic heterocycles. The van der Waals surface area contributed by atoms with E-state index in [0.29, 0.717) is 23.0 Å². The van der Waals surface area contributed by atoms with Crippen molar-refractivity contribution in [2.24, 2.45) is 0 Å². The number of hydrogen-bond donors (Lipinski definition) is 0. The second-order valence-electron chi connectivity index (χ2n) is 8.14. The van der Waals surface area contributed by atoms with Crippen molar-refractivity contribution in [3.63, 3.8) is 0 Å². The molecule has 0 amide bonds. The monoisotopic (exact) mass is 653 g/mol. The number of fused-ring (bicyclic) bond motifs is 2. The molecule has 0 unspecified atom stereocenters. The van der Waals surface area contributed by atoms with Crippen molar-refractivity contribution in [1.29, 1.82) is 0 Å². The number of rotatable bonds is 3. The molecule has 0 atom stereocenters. The van der Waals surface area contributed by atoms with Crippen LogP contribution in [0.3, 0.4) is 0 Å². The average Bonchev–Trinajstić information content (AvgIpc) is 3.63. The Morgan fingerprint density at radius 2 is 0.581 bits per heavy atom. The van der Waals surface area contributed by atoms with Crippen LogP contribution in [-0.4, -0.2) is 0 Å². The summed E-state index contributed by atoms with van der Waals surface area (Å²) < 4.78 is 45.3. The van der Waals surface area contributed by atoms with E-state index in [2.05, 4.69) is 111 Å². The van der Waals surface area contributed by atoms with E-state index in [1.807, 2.05) is 48.5 Å². The van der Waals surface area contributed by atoms with Gasteiger partial charge in [-0.2, -0.15) is 0 Å². The Morgan fingerprint density at radius 1 is 0.372 bits per heavy atom. The van der Waals surface area contributed by atoms with Gasteiger partial charge in [0.2, 0.25) is 0 Å². The first kappa shape index (κ1) is 35.1. The zero-order valence-corrected chi connectivity index (χ0v) is 25.4. The first-order chi connectivity index (χ1) is 20.8. The molecule has 0 saturated heterocycles. The molecule has 43 heavy (non-hydrogen) atoms. The van der Waals surface area contributed by atoms with Crippen LogP contribution < -0.4 is 34.0 Å². The average molecular weight is 653 g/mol. The predicted octanol–water partition coefficient (Wildman–Crippen LogP) is 6.67. The van der Waals surface area contributed by atoms with Crippen molar-refractivity contribution < 1.29 is 48.8 Å². The van der Waals surface area contributed by atoms with Crippen LogP contribution in [-0.2, 0) is 30.7 Å². The molecular formula is C33H24CoO7P2. The maximum atomic E-state index is 7.50. The summed E-state index contributed by atoms with van der Waals surface area (Å²) in [5.41, 5.74) is 0. The van der Waals surface area contributed by atoms with Crippen molar-refractivity contribution in [3.8, 4) is 23.0 Å². The van der Waals surface area contributed by atoms with Crippen LogP contribution in [0.2, 0.25) is 0 Å². The molecule has 7 nitrogen and oxygen atoms in total. The molecule has 2 heterocycles. The molecule has 2 aliphatic heterocycles. The van der Waals surface area contributed by atoms with E-state index in [-0.39, 0.29) is 16.8 Å². The van der Waals surface area contributed by atoms with Gasteiger partial charge < -0.3 is 0 Å². The minimum atomic E-state index is -3.08. The Bertz CT molecular complexity index is 1380. The third kappa shape index (κ3) is 8.94. The van der Waals surface area contributed by atoms with Gasteiger partial charge in [0.25, 0.3) is 0 Å². The summed E-state index contributed by atoms with van der Waals surface area (Å²) in [7, 11) is -3.52. The fourth-order valence-electron chi connectivity index (χ4n) is 4.08. The van der Waals surface area contributed by atoms with Crippen molar-refractivity contribution in [3.05, 3.63) is 159 Å². The van der Waals surface area contributed by atoms with E-state index in [0.717, 1.165) is 0 Å². The van der Waals surface area contributed by atoms with Crippen LogP contribution >= 0.6 is 16.1 Å². The summed E-state index contributed by atoms with van der Waals surface area (Å²) in [6.07, 6.45) is 0. The molecule has 10 heteroatoms. The second-order valence-corrected chi connectivity index (χ2v) is 12.2. The molecule has 0 fully saturated rings. The minimum absolute atomic E-state index is 0. The summed E-state index contributed by atoms with van der Waals surface area (Å²) in [6, 6.07) is 47.2. The fourth-order valence-corrected chi connectivity index (χ4v) is 8.39. The second kappa shape index (κ2) is 18.4. The van der Waals surface area contributed by atoms with Crippen LogP contribution in [0.4, 0.5) is 0 Å². The number of para-hydroxylation sites is 4. The zero-order valence-electron chi connectivity index (χ0n) is 22.4. The summed E-state index contributed by atoms with van der Waals surface area (Å²) in [6.45, 7) is 13.5. The molecule has 5 aromatic rings. The van der Waals surface area contributed by atoms with Crippen molar-refractivity contribution in [2.45, 2.75) is 0 Å². The van der Waals surface area contributed by atoms with E-state index in [1.54, 1.807) is 0 Å². The summed E-state index contributed by atoms with van der Waals surface area (Å²) in [5, 5.41) is 4.19. The standard InChI is InChI=1S/C18H15P.C12H9O4P.3CO.Co/c1-4-10-16(11-5-1)19(17-12-6-2-7-13-17)18-14-8-3-9-15-18;1-2-6-10-9(5-1)13-17(14-10)15-11-7-3-4-8-12(11)16-17;3*1-2;/h1-15H;1-8,17H;;;;. The van der Waals surface area contributed by atoms with Crippen LogP contribution in [0.25, 0.3) is 0 Å². The SMILES string of the molecule is [C-]#[O+].[C-]#[O+].[C-]#[O+].[Co].c1ccc(P(c2ccccc2)c2ccccc2)cc1.c1ccc2c(c1)O[PH]1(O2)Oc2ccccc2O1. The Labute approximate surface area is 262 Å². The third-order valence-electron chi connectivity index (χ3n) is 5.68. The van der Waals surface area contributed by atoms with Crippen LogP contribution in [0.5, 0.6) is 23.0 Å². The maximum absolute atomic E-state index is 7.50. The van der Waals surface area contributed by atoms with Gasteiger partial charge in [0.15, 0.2) is 0 Å². The van der Waals surface area contributed by atoms with Gasteiger partial charge in [-0.15, -0.1) is 0 Å².